The lowest BCUT2D eigenvalue weighted by atomic mass is 10.1. The van der Waals surface area contributed by atoms with Crippen LogP contribution >= 0.6 is 0 Å². The van der Waals surface area contributed by atoms with Gasteiger partial charge in [0, 0.05) is 11.8 Å². The fourth-order valence-electron chi connectivity index (χ4n) is 2.58. The van der Waals surface area contributed by atoms with E-state index in [1.807, 2.05) is 20.8 Å². The summed E-state index contributed by atoms with van der Waals surface area (Å²) in [7, 11) is 0. The summed E-state index contributed by atoms with van der Waals surface area (Å²) in [5, 5.41) is 8.90. The van der Waals surface area contributed by atoms with Gasteiger partial charge in [0.1, 0.15) is 0 Å². The fraction of sp³-hybridized carbons (Fsp3) is 0.389. The first-order valence-electron chi connectivity index (χ1n) is 8.51. The molecule has 136 valence electrons. The van der Waals surface area contributed by atoms with Gasteiger partial charge in [0.05, 0.1) is 11.4 Å². The minimum Gasteiger partial charge on any atom is -0.451 e. The highest BCUT2D eigenvalue weighted by Crippen LogP contribution is 2.16. The van der Waals surface area contributed by atoms with Crippen molar-refractivity contribution in [2.45, 2.75) is 46.3 Å². The quantitative estimate of drug-likeness (QED) is 0.626. The van der Waals surface area contributed by atoms with Gasteiger partial charge in [0.25, 0.3) is 11.4 Å². The van der Waals surface area contributed by atoms with Crippen LogP contribution in [0.15, 0.2) is 33.6 Å². The molecule has 0 aliphatic carbocycles. The predicted octanol–water partition coefficient (Wildman–Crippen LogP) is 2.67. The summed E-state index contributed by atoms with van der Waals surface area (Å²) in [5.41, 5.74) is -0.157. The molecule has 0 saturated carbocycles. The van der Waals surface area contributed by atoms with Crippen molar-refractivity contribution in [2.24, 2.45) is 0 Å². The van der Waals surface area contributed by atoms with Crippen LogP contribution in [0.1, 0.15) is 55.4 Å². The lowest BCUT2D eigenvalue weighted by Gasteiger charge is -2.12. The summed E-state index contributed by atoms with van der Waals surface area (Å²) in [6.07, 6.45) is 1.59. The van der Waals surface area contributed by atoms with Gasteiger partial charge in [-0.1, -0.05) is 30.3 Å². The van der Waals surface area contributed by atoms with Crippen LogP contribution in [-0.4, -0.2) is 25.9 Å². The van der Waals surface area contributed by atoms with Crippen LogP contribution in [0.25, 0.3) is 10.8 Å². The number of benzene rings is 1. The van der Waals surface area contributed by atoms with Gasteiger partial charge in [-0.05, 0) is 26.3 Å². The van der Waals surface area contributed by atoms with Gasteiger partial charge in [0.15, 0.2) is 18.1 Å². The molecule has 0 N–H and O–H groups in total. The Morgan fingerprint density at radius 2 is 2.00 bits per heavy atom. The Morgan fingerprint density at radius 3 is 2.69 bits per heavy atom. The molecule has 0 aliphatic rings. The number of ether oxygens (including phenoxy) is 1. The van der Waals surface area contributed by atoms with E-state index in [0.29, 0.717) is 23.0 Å². The molecule has 1 aromatic carbocycles. The van der Waals surface area contributed by atoms with E-state index >= 15 is 0 Å². The third kappa shape index (κ3) is 3.49. The Kier molecular flexibility index (Phi) is 5.11. The maximum absolute atomic E-state index is 12.6. The van der Waals surface area contributed by atoms with Gasteiger partial charge in [-0.15, -0.1) is 0 Å². The Balaban J connectivity index is 1.89. The zero-order valence-corrected chi connectivity index (χ0v) is 14.9. The Bertz CT molecular complexity index is 990. The number of hydrogen-bond acceptors (Lipinski definition) is 7. The largest absolute Gasteiger partial charge is 0.451 e. The summed E-state index contributed by atoms with van der Waals surface area (Å²) in [5.74, 6) is 0.157. The molecule has 3 aromatic rings. The summed E-state index contributed by atoms with van der Waals surface area (Å²) in [6.45, 7) is 5.51. The van der Waals surface area contributed by atoms with Crippen molar-refractivity contribution in [2.75, 3.05) is 0 Å². The maximum atomic E-state index is 12.6. The zero-order chi connectivity index (χ0) is 18.7. The van der Waals surface area contributed by atoms with Gasteiger partial charge in [0.2, 0.25) is 0 Å². The number of nitrogens with zero attached hydrogens (tertiary/aromatic N) is 4. The molecule has 0 saturated heterocycles. The van der Waals surface area contributed by atoms with E-state index in [9.17, 15) is 9.59 Å². The molecule has 0 amide bonds. The van der Waals surface area contributed by atoms with E-state index in [1.165, 1.54) is 4.68 Å². The van der Waals surface area contributed by atoms with E-state index < -0.39 is 5.97 Å². The highest BCUT2D eigenvalue weighted by Gasteiger charge is 2.20. The number of fused-ring (bicyclic) bond motifs is 1. The number of aromatic nitrogens is 4. The lowest BCUT2D eigenvalue weighted by molar-refractivity contribution is 0.0422. The van der Waals surface area contributed by atoms with Crippen LogP contribution in [0.3, 0.4) is 0 Å². The van der Waals surface area contributed by atoms with Crippen LogP contribution < -0.4 is 5.56 Å². The smallest absolute Gasteiger partial charge is 0.359 e. The van der Waals surface area contributed by atoms with Crippen LogP contribution in [-0.2, 0) is 17.8 Å². The van der Waals surface area contributed by atoms with Gasteiger partial charge in [-0.2, -0.15) is 10.1 Å². The number of aryl methyl sites for hydroxylation is 1. The molecule has 0 bridgehead atoms. The number of esters is 1. The molecule has 0 unspecified atom stereocenters. The number of hydrogen-bond donors (Lipinski definition) is 0. The maximum Gasteiger partial charge on any atom is 0.359 e. The van der Waals surface area contributed by atoms with E-state index in [0.717, 1.165) is 6.42 Å². The van der Waals surface area contributed by atoms with E-state index in [-0.39, 0.29) is 29.8 Å². The average Bonchev–Trinajstić information content (AvgIpc) is 3.08. The Labute approximate surface area is 149 Å². The molecule has 8 nitrogen and oxygen atoms in total. The van der Waals surface area contributed by atoms with Crippen LogP contribution in [0.2, 0.25) is 0 Å². The van der Waals surface area contributed by atoms with Gasteiger partial charge >= 0.3 is 5.97 Å². The van der Waals surface area contributed by atoms with Crippen molar-refractivity contribution in [1.82, 2.24) is 19.9 Å². The average molecular weight is 356 g/mol. The second kappa shape index (κ2) is 7.47. The molecule has 2 heterocycles. The third-order valence-electron chi connectivity index (χ3n) is 3.82. The second-order valence-corrected chi connectivity index (χ2v) is 6.17. The molecule has 2 aromatic heterocycles. The molecule has 8 heteroatoms. The molecule has 3 rings (SSSR count). The second-order valence-electron chi connectivity index (χ2n) is 6.17. The number of carbonyl (C=O) groups is 1. The van der Waals surface area contributed by atoms with Gasteiger partial charge in [-0.3, -0.25) is 4.79 Å². The summed E-state index contributed by atoms with van der Waals surface area (Å²) >= 11 is 0. The Hall–Kier alpha value is -3.03. The number of rotatable bonds is 6. The lowest BCUT2D eigenvalue weighted by Crippen LogP contribution is -2.27. The van der Waals surface area contributed by atoms with Crippen molar-refractivity contribution in [3.8, 4) is 0 Å². The molecule has 0 spiro atoms. The fourth-order valence-corrected chi connectivity index (χ4v) is 2.58. The minimum absolute atomic E-state index is 0.0854. The van der Waals surface area contributed by atoms with Crippen molar-refractivity contribution in [3.63, 3.8) is 0 Å². The van der Waals surface area contributed by atoms with E-state index in [2.05, 4.69) is 15.2 Å². The van der Waals surface area contributed by atoms with Crippen LogP contribution in [0.5, 0.6) is 0 Å². The number of carbonyl (C=O) groups excluding carboxylic acids is 1. The SMILES string of the molecule is CCCc1noc(COC(=O)c2nn(C(C)C)c(=O)c3ccccc23)n1. The first-order valence-corrected chi connectivity index (χ1v) is 8.51. The first kappa shape index (κ1) is 17.8. The molecule has 0 atom stereocenters. The van der Waals surface area contributed by atoms with Crippen LogP contribution in [0.4, 0.5) is 0 Å². The standard InChI is InChI=1S/C18H20N4O4/c1-4-7-14-19-15(26-21-14)10-25-18(24)16-12-8-5-6-9-13(12)17(23)22(20-16)11(2)3/h5-6,8-9,11H,4,7,10H2,1-3H3. The van der Waals surface area contributed by atoms with Gasteiger partial charge < -0.3 is 9.26 Å². The van der Waals surface area contributed by atoms with Crippen molar-refractivity contribution < 1.29 is 14.1 Å². The molecule has 26 heavy (non-hydrogen) atoms. The molecule has 0 radical (unpaired) electrons. The predicted molar refractivity (Wildman–Crippen MR) is 93.8 cm³/mol. The van der Waals surface area contributed by atoms with Crippen molar-refractivity contribution in [1.29, 1.82) is 0 Å². The monoisotopic (exact) mass is 356 g/mol. The van der Waals surface area contributed by atoms with Gasteiger partial charge in [-0.25, -0.2) is 9.48 Å². The molecule has 0 fully saturated rings. The van der Waals surface area contributed by atoms with Crippen molar-refractivity contribution >= 4 is 16.7 Å². The van der Waals surface area contributed by atoms with E-state index in [1.54, 1.807) is 24.3 Å². The van der Waals surface area contributed by atoms with Crippen molar-refractivity contribution in [3.05, 3.63) is 52.0 Å². The topological polar surface area (TPSA) is 100 Å². The summed E-state index contributed by atoms with van der Waals surface area (Å²) < 4.78 is 11.6. The zero-order valence-electron chi connectivity index (χ0n) is 14.9. The first-order chi connectivity index (χ1) is 12.5. The molecule has 0 aliphatic heterocycles. The molecular formula is C18H20N4O4. The molecular weight excluding hydrogens is 336 g/mol. The minimum atomic E-state index is -0.647. The third-order valence-corrected chi connectivity index (χ3v) is 3.82. The normalized spacial score (nSPS) is 11.2. The summed E-state index contributed by atoms with van der Waals surface area (Å²) in [6, 6.07) is 6.65. The van der Waals surface area contributed by atoms with Crippen LogP contribution in [0, 0.1) is 0 Å². The summed E-state index contributed by atoms with van der Waals surface area (Å²) in [4.78, 5) is 29.2. The van der Waals surface area contributed by atoms with E-state index in [4.69, 9.17) is 9.26 Å². The highest BCUT2D eigenvalue weighted by atomic mass is 16.6. The Morgan fingerprint density at radius 1 is 1.27 bits per heavy atom. The highest BCUT2D eigenvalue weighted by molar-refractivity contribution is 6.02.